The number of nitrogens with zero attached hydrogens (tertiary/aromatic N) is 3. The van der Waals surface area contributed by atoms with Gasteiger partial charge in [-0.15, -0.1) is 0 Å². The van der Waals surface area contributed by atoms with Gasteiger partial charge in [-0.3, -0.25) is 0 Å². The number of hydrogen-bond donors (Lipinski definition) is 1. The van der Waals surface area contributed by atoms with Crippen LogP contribution in [0, 0.1) is 0 Å². The van der Waals surface area contributed by atoms with Crippen LogP contribution in [-0.2, 0) is 0 Å². The van der Waals surface area contributed by atoms with Crippen LogP contribution in [0.1, 0.15) is 6.92 Å². The van der Waals surface area contributed by atoms with Crippen molar-refractivity contribution < 1.29 is 0 Å². The van der Waals surface area contributed by atoms with E-state index in [0.29, 0.717) is 11.5 Å². The van der Waals surface area contributed by atoms with E-state index in [1.54, 1.807) is 0 Å². The molecule has 0 bridgehead atoms. The average Bonchev–Trinajstić information content (AvgIpc) is 2.37. The molecule has 2 N–H and O–H groups in total. The van der Waals surface area contributed by atoms with Crippen LogP contribution in [0.15, 0.2) is 36.7 Å². The SMILES string of the molecule is CCN(c1ccccc1)c1ncnc(Cl)c1N. The van der Waals surface area contributed by atoms with E-state index >= 15 is 0 Å². The molecule has 1 heterocycles. The topological polar surface area (TPSA) is 55.0 Å². The molecule has 0 aliphatic rings. The van der Waals surface area contributed by atoms with Crippen molar-refractivity contribution in [1.29, 1.82) is 0 Å². The molecular formula is C12H13ClN4. The Morgan fingerprint density at radius 3 is 2.59 bits per heavy atom. The highest BCUT2D eigenvalue weighted by molar-refractivity contribution is 6.32. The summed E-state index contributed by atoms with van der Waals surface area (Å²) >= 11 is 5.90. The summed E-state index contributed by atoms with van der Waals surface area (Å²) in [6, 6.07) is 9.90. The fourth-order valence-corrected chi connectivity index (χ4v) is 1.77. The first-order valence-electron chi connectivity index (χ1n) is 5.32. The second-order valence-electron chi connectivity index (χ2n) is 3.48. The number of anilines is 3. The van der Waals surface area contributed by atoms with Crippen molar-refractivity contribution in [2.45, 2.75) is 6.92 Å². The third-order valence-electron chi connectivity index (χ3n) is 2.45. The molecule has 0 saturated heterocycles. The van der Waals surface area contributed by atoms with Crippen molar-refractivity contribution in [3.05, 3.63) is 41.8 Å². The molecule has 4 nitrogen and oxygen atoms in total. The van der Waals surface area contributed by atoms with Gasteiger partial charge < -0.3 is 10.6 Å². The lowest BCUT2D eigenvalue weighted by Crippen LogP contribution is -2.19. The normalized spacial score (nSPS) is 10.2. The molecule has 0 atom stereocenters. The fourth-order valence-electron chi connectivity index (χ4n) is 1.64. The van der Waals surface area contributed by atoms with Gasteiger partial charge in [-0.1, -0.05) is 29.8 Å². The Hall–Kier alpha value is -1.81. The molecule has 0 saturated carbocycles. The summed E-state index contributed by atoms with van der Waals surface area (Å²) in [6.45, 7) is 2.78. The molecule has 0 spiro atoms. The summed E-state index contributed by atoms with van der Waals surface area (Å²) < 4.78 is 0. The van der Waals surface area contributed by atoms with Gasteiger partial charge in [0.1, 0.15) is 12.0 Å². The lowest BCUT2D eigenvalue weighted by Gasteiger charge is -2.23. The smallest absolute Gasteiger partial charge is 0.161 e. The molecule has 0 radical (unpaired) electrons. The predicted octanol–water partition coefficient (Wildman–Crippen LogP) is 2.87. The van der Waals surface area contributed by atoms with Crippen LogP contribution >= 0.6 is 11.6 Å². The average molecular weight is 249 g/mol. The van der Waals surface area contributed by atoms with E-state index in [1.165, 1.54) is 6.33 Å². The van der Waals surface area contributed by atoms with E-state index in [4.69, 9.17) is 17.3 Å². The van der Waals surface area contributed by atoms with Gasteiger partial charge in [0.2, 0.25) is 0 Å². The zero-order valence-electron chi connectivity index (χ0n) is 9.47. The van der Waals surface area contributed by atoms with E-state index in [1.807, 2.05) is 42.2 Å². The second kappa shape index (κ2) is 5.01. The predicted molar refractivity (Wildman–Crippen MR) is 70.6 cm³/mol. The van der Waals surface area contributed by atoms with Gasteiger partial charge in [-0.05, 0) is 19.1 Å². The maximum absolute atomic E-state index is 5.90. The monoisotopic (exact) mass is 248 g/mol. The van der Waals surface area contributed by atoms with Crippen molar-refractivity contribution in [3.8, 4) is 0 Å². The Labute approximate surface area is 105 Å². The Morgan fingerprint density at radius 1 is 1.24 bits per heavy atom. The molecule has 1 aromatic heterocycles. The van der Waals surface area contributed by atoms with Crippen LogP contribution in [0.4, 0.5) is 17.2 Å². The van der Waals surface area contributed by atoms with E-state index in [0.717, 1.165) is 12.2 Å². The molecular weight excluding hydrogens is 236 g/mol. The highest BCUT2D eigenvalue weighted by atomic mass is 35.5. The van der Waals surface area contributed by atoms with Gasteiger partial charge >= 0.3 is 0 Å². The molecule has 0 fully saturated rings. The Balaban J connectivity index is 2.46. The quantitative estimate of drug-likeness (QED) is 0.849. The lowest BCUT2D eigenvalue weighted by molar-refractivity contribution is 0.979. The molecule has 88 valence electrons. The molecule has 2 aromatic rings. The molecule has 2 rings (SSSR count). The van der Waals surface area contributed by atoms with Crippen LogP contribution in [0.5, 0.6) is 0 Å². The Morgan fingerprint density at radius 2 is 1.94 bits per heavy atom. The minimum Gasteiger partial charge on any atom is -0.393 e. The van der Waals surface area contributed by atoms with Crippen LogP contribution in [-0.4, -0.2) is 16.5 Å². The molecule has 0 aliphatic carbocycles. The van der Waals surface area contributed by atoms with Crippen molar-refractivity contribution in [2.24, 2.45) is 0 Å². The number of hydrogen-bond acceptors (Lipinski definition) is 4. The molecule has 5 heteroatoms. The highest BCUT2D eigenvalue weighted by Gasteiger charge is 2.14. The third-order valence-corrected chi connectivity index (χ3v) is 2.76. The minimum atomic E-state index is 0.282. The van der Waals surface area contributed by atoms with Crippen LogP contribution < -0.4 is 10.6 Å². The van der Waals surface area contributed by atoms with Crippen LogP contribution in [0.2, 0.25) is 5.15 Å². The van der Waals surface area contributed by atoms with Gasteiger partial charge in [0.05, 0.1) is 0 Å². The number of nitrogen functional groups attached to an aromatic ring is 1. The third kappa shape index (κ3) is 2.31. The second-order valence-corrected chi connectivity index (χ2v) is 3.84. The van der Waals surface area contributed by atoms with Gasteiger partial charge in [0, 0.05) is 12.2 Å². The maximum Gasteiger partial charge on any atom is 0.161 e. The number of benzene rings is 1. The first-order chi connectivity index (χ1) is 8.24. The molecule has 0 amide bonds. The van der Waals surface area contributed by atoms with Crippen molar-refractivity contribution in [2.75, 3.05) is 17.2 Å². The standard InChI is InChI=1S/C12H13ClN4/c1-2-17(9-6-4-3-5-7-9)12-10(14)11(13)15-8-16-12/h3-8H,2,14H2,1H3. The lowest BCUT2D eigenvalue weighted by atomic mass is 10.3. The van der Waals surface area contributed by atoms with Gasteiger partial charge in [0.15, 0.2) is 11.0 Å². The van der Waals surface area contributed by atoms with Crippen molar-refractivity contribution >= 4 is 28.8 Å². The highest BCUT2D eigenvalue weighted by Crippen LogP contribution is 2.30. The summed E-state index contributed by atoms with van der Waals surface area (Å²) in [5.74, 6) is 0.638. The summed E-state index contributed by atoms with van der Waals surface area (Å²) in [5.41, 5.74) is 7.32. The number of rotatable bonds is 3. The number of para-hydroxylation sites is 1. The van der Waals surface area contributed by atoms with E-state index in [-0.39, 0.29) is 5.15 Å². The summed E-state index contributed by atoms with van der Waals surface area (Å²) in [6.07, 6.45) is 1.42. The number of aromatic nitrogens is 2. The van der Waals surface area contributed by atoms with Gasteiger partial charge in [-0.2, -0.15) is 0 Å². The zero-order valence-corrected chi connectivity index (χ0v) is 10.2. The summed E-state index contributed by atoms with van der Waals surface area (Å²) in [5, 5.41) is 0.282. The number of halogens is 1. The number of nitrogens with two attached hydrogens (primary N) is 1. The Bertz CT molecular complexity index is 501. The van der Waals surface area contributed by atoms with E-state index < -0.39 is 0 Å². The minimum absolute atomic E-state index is 0.282. The molecule has 0 unspecified atom stereocenters. The van der Waals surface area contributed by atoms with Crippen LogP contribution in [0.25, 0.3) is 0 Å². The fraction of sp³-hybridized carbons (Fsp3) is 0.167. The maximum atomic E-state index is 5.90. The van der Waals surface area contributed by atoms with Gasteiger partial charge in [-0.25, -0.2) is 9.97 Å². The van der Waals surface area contributed by atoms with Crippen LogP contribution in [0.3, 0.4) is 0 Å². The van der Waals surface area contributed by atoms with Crippen molar-refractivity contribution in [1.82, 2.24) is 9.97 Å². The van der Waals surface area contributed by atoms with E-state index in [2.05, 4.69) is 9.97 Å². The molecule has 1 aromatic carbocycles. The van der Waals surface area contributed by atoms with Crippen molar-refractivity contribution in [3.63, 3.8) is 0 Å². The Kier molecular flexibility index (Phi) is 3.44. The summed E-state index contributed by atoms with van der Waals surface area (Å²) in [7, 11) is 0. The molecule has 0 aliphatic heterocycles. The first kappa shape index (κ1) is 11.7. The summed E-state index contributed by atoms with van der Waals surface area (Å²) in [4.78, 5) is 10.0. The first-order valence-corrected chi connectivity index (χ1v) is 5.70. The zero-order chi connectivity index (χ0) is 12.3. The molecule has 17 heavy (non-hydrogen) atoms. The largest absolute Gasteiger partial charge is 0.393 e. The van der Waals surface area contributed by atoms with Gasteiger partial charge in [0.25, 0.3) is 0 Å². The van der Waals surface area contributed by atoms with E-state index in [9.17, 15) is 0 Å².